The number of nitrogens with one attached hydrogen (secondary N) is 3. The van der Waals surface area contributed by atoms with E-state index >= 15 is 0 Å². The molecule has 0 spiro atoms. The van der Waals surface area contributed by atoms with Gasteiger partial charge in [-0.3, -0.25) is 9.59 Å². The van der Waals surface area contributed by atoms with E-state index in [1.54, 1.807) is 24.3 Å². The van der Waals surface area contributed by atoms with E-state index in [2.05, 4.69) is 16.0 Å². The molecule has 0 saturated heterocycles. The van der Waals surface area contributed by atoms with E-state index in [4.69, 9.17) is 0 Å². The van der Waals surface area contributed by atoms with Crippen LogP contribution < -0.4 is 16.0 Å². The zero-order valence-corrected chi connectivity index (χ0v) is 13.1. The first-order valence-electron chi connectivity index (χ1n) is 6.96. The molecule has 2 rings (SSSR count). The Balaban J connectivity index is 0.00000220. The number of carbonyl (C=O) groups excluding carboxylic acids is 2. The van der Waals surface area contributed by atoms with Crippen LogP contribution in [0.1, 0.15) is 30.1 Å². The molecule has 6 heteroatoms. The highest BCUT2D eigenvalue weighted by molar-refractivity contribution is 5.96. The van der Waals surface area contributed by atoms with Crippen molar-refractivity contribution in [3.8, 4) is 0 Å². The Kier molecular flexibility index (Phi) is 6.65. The van der Waals surface area contributed by atoms with Gasteiger partial charge in [0, 0.05) is 29.8 Å². The maximum Gasteiger partial charge on any atom is 0.251 e. The zero-order chi connectivity index (χ0) is 14.5. The Bertz CT molecular complexity index is 486. The molecule has 3 N–H and O–H groups in total. The summed E-state index contributed by atoms with van der Waals surface area (Å²) in [6.07, 6.45) is 1.96. The van der Waals surface area contributed by atoms with Crippen molar-refractivity contribution in [2.24, 2.45) is 5.92 Å². The van der Waals surface area contributed by atoms with Crippen molar-refractivity contribution in [1.29, 1.82) is 0 Å². The molecular weight excluding hydrogens is 290 g/mol. The van der Waals surface area contributed by atoms with E-state index in [1.807, 2.05) is 14.0 Å². The summed E-state index contributed by atoms with van der Waals surface area (Å²) in [6.45, 7) is 2.58. The van der Waals surface area contributed by atoms with Crippen LogP contribution in [0.4, 0.5) is 5.69 Å². The van der Waals surface area contributed by atoms with E-state index < -0.39 is 0 Å². The van der Waals surface area contributed by atoms with Crippen molar-refractivity contribution in [3.63, 3.8) is 0 Å². The van der Waals surface area contributed by atoms with Crippen LogP contribution in [0.3, 0.4) is 0 Å². The van der Waals surface area contributed by atoms with E-state index in [-0.39, 0.29) is 36.2 Å². The summed E-state index contributed by atoms with van der Waals surface area (Å²) in [7, 11) is 1.86. The van der Waals surface area contributed by atoms with E-state index in [1.165, 1.54) is 0 Å². The summed E-state index contributed by atoms with van der Waals surface area (Å²) >= 11 is 0. The number of hydrogen-bond donors (Lipinski definition) is 3. The fraction of sp³-hybridized carbons (Fsp3) is 0.467. The molecule has 0 bridgehead atoms. The lowest BCUT2D eigenvalue weighted by Crippen LogP contribution is -2.37. The van der Waals surface area contributed by atoms with Gasteiger partial charge in [0.15, 0.2) is 0 Å². The Morgan fingerprint density at radius 1 is 1.24 bits per heavy atom. The topological polar surface area (TPSA) is 70.2 Å². The summed E-state index contributed by atoms with van der Waals surface area (Å²) in [5, 5.41) is 8.75. The molecule has 2 amide bonds. The molecule has 1 saturated carbocycles. The SMILES string of the molecule is CNC(C)CNC(=O)c1ccc(NC(=O)C2CC2)cc1.Cl. The van der Waals surface area contributed by atoms with Gasteiger partial charge in [0.2, 0.25) is 5.91 Å². The van der Waals surface area contributed by atoms with Gasteiger partial charge in [0.25, 0.3) is 5.91 Å². The van der Waals surface area contributed by atoms with Gasteiger partial charge in [-0.2, -0.15) is 0 Å². The first kappa shape index (κ1) is 17.5. The number of benzene rings is 1. The molecule has 0 aromatic heterocycles. The summed E-state index contributed by atoms with van der Waals surface area (Å²) in [5.41, 5.74) is 1.33. The van der Waals surface area contributed by atoms with Crippen LogP contribution in [0.15, 0.2) is 24.3 Å². The van der Waals surface area contributed by atoms with E-state index in [0.29, 0.717) is 12.1 Å². The molecule has 1 unspecified atom stereocenters. The van der Waals surface area contributed by atoms with Gasteiger partial charge in [-0.25, -0.2) is 0 Å². The van der Waals surface area contributed by atoms with Crippen LogP contribution in [-0.4, -0.2) is 31.4 Å². The lowest BCUT2D eigenvalue weighted by Gasteiger charge is -2.11. The fourth-order valence-corrected chi connectivity index (χ4v) is 1.74. The lowest BCUT2D eigenvalue weighted by atomic mass is 10.2. The lowest BCUT2D eigenvalue weighted by molar-refractivity contribution is -0.117. The van der Waals surface area contributed by atoms with E-state index in [9.17, 15) is 9.59 Å². The minimum atomic E-state index is -0.104. The number of hydrogen-bond acceptors (Lipinski definition) is 3. The molecule has 1 aromatic carbocycles. The molecule has 0 heterocycles. The number of anilines is 1. The van der Waals surface area contributed by atoms with Crippen molar-refractivity contribution in [2.75, 3.05) is 18.9 Å². The fourth-order valence-electron chi connectivity index (χ4n) is 1.74. The monoisotopic (exact) mass is 311 g/mol. The number of carbonyl (C=O) groups is 2. The Morgan fingerprint density at radius 2 is 1.86 bits per heavy atom. The molecule has 1 aliphatic rings. The van der Waals surface area contributed by atoms with Crippen molar-refractivity contribution < 1.29 is 9.59 Å². The molecule has 1 atom stereocenters. The average Bonchev–Trinajstić information content (AvgIpc) is 3.29. The summed E-state index contributed by atoms with van der Waals surface area (Å²) < 4.78 is 0. The molecule has 0 radical (unpaired) electrons. The van der Waals surface area contributed by atoms with Crippen molar-refractivity contribution in [2.45, 2.75) is 25.8 Å². The van der Waals surface area contributed by atoms with Crippen molar-refractivity contribution in [3.05, 3.63) is 29.8 Å². The predicted molar refractivity (Wildman–Crippen MR) is 85.9 cm³/mol. The zero-order valence-electron chi connectivity index (χ0n) is 12.3. The highest BCUT2D eigenvalue weighted by atomic mass is 35.5. The van der Waals surface area contributed by atoms with Crippen LogP contribution in [0.25, 0.3) is 0 Å². The van der Waals surface area contributed by atoms with Gasteiger partial charge < -0.3 is 16.0 Å². The molecule has 1 aliphatic carbocycles. The van der Waals surface area contributed by atoms with Gasteiger partial charge in [0.05, 0.1) is 0 Å². The summed E-state index contributed by atoms with van der Waals surface area (Å²) in [6, 6.07) is 7.20. The highest BCUT2D eigenvalue weighted by Crippen LogP contribution is 2.30. The normalized spacial score (nSPS) is 14.8. The molecule has 5 nitrogen and oxygen atoms in total. The van der Waals surface area contributed by atoms with Crippen LogP contribution in [0.2, 0.25) is 0 Å². The minimum absolute atomic E-state index is 0. The second kappa shape index (κ2) is 8.00. The van der Waals surface area contributed by atoms with Gasteiger partial charge >= 0.3 is 0 Å². The summed E-state index contributed by atoms with van der Waals surface area (Å²) in [5.74, 6) is 0.151. The number of rotatable bonds is 6. The minimum Gasteiger partial charge on any atom is -0.350 e. The van der Waals surface area contributed by atoms with Gasteiger partial charge in [0.1, 0.15) is 0 Å². The molecule has 116 valence electrons. The Morgan fingerprint density at radius 3 is 2.38 bits per heavy atom. The van der Waals surface area contributed by atoms with Crippen LogP contribution in [0, 0.1) is 5.92 Å². The first-order chi connectivity index (χ1) is 9.60. The van der Waals surface area contributed by atoms with Crippen LogP contribution in [0.5, 0.6) is 0 Å². The van der Waals surface area contributed by atoms with Gasteiger partial charge in [-0.05, 0) is 51.1 Å². The highest BCUT2D eigenvalue weighted by Gasteiger charge is 2.29. The van der Waals surface area contributed by atoms with Gasteiger partial charge in [-0.15, -0.1) is 12.4 Å². The standard InChI is InChI=1S/C15H21N3O2.ClH/c1-10(16-2)9-17-14(19)11-5-7-13(8-6-11)18-15(20)12-3-4-12;/h5-8,10,12,16H,3-4,9H2,1-2H3,(H,17,19)(H,18,20);1H. The summed E-state index contributed by atoms with van der Waals surface area (Å²) in [4.78, 5) is 23.5. The second-order valence-electron chi connectivity index (χ2n) is 5.24. The van der Waals surface area contributed by atoms with Gasteiger partial charge in [-0.1, -0.05) is 0 Å². The van der Waals surface area contributed by atoms with Crippen LogP contribution >= 0.6 is 12.4 Å². The largest absolute Gasteiger partial charge is 0.350 e. The third-order valence-electron chi connectivity index (χ3n) is 3.42. The smallest absolute Gasteiger partial charge is 0.251 e. The third kappa shape index (κ3) is 5.36. The molecule has 0 aliphatic heterocycles. The number of amides is 2. The predicted octanol–water partition coefficient (Wildman–Crippen LogP) is 1.79. The molecule has 1 fully saturated rings. The Labute approximate surface area is 131 Å². The first-order valence-corrected chi connectivity index (χ1v) is 6.96. The maximum absolute atomic E-state index is 11.9. The number of halogens is 1. The number of likely N-dealkylation sites (N-methyl/N-ethyl adjacent to an activating group) is 1. The van der Waals surface area contributed by atoms with E-state index in [0.717, 1.165) is 18.5 Å². The average molecular weight is 312 g/mol. The second-order valence-corrected chi connectivity index (χ2v) is 5.24. The third-order valence-corrected chi connectivity index (χ3v) is 3.42. The molecule has 1 aromatic rings. The molecule has 21 heavy (non-hydrogen) atoms. The Hall–Kier alpha value is -1.59. The van der Waals surface area contributed by atoms with Crippen molar-refractivity contribution >= 4 is 29.9 Å². The maximum atomic E-state index is 11.9. The molecular formula is C15H22ClN3O2. The van der Waals surface area contributed by atoms with Crippen molar-refractivity contribution in [1.82, 2.24) is 10.6 Å². The van der Waals surface area contributed by atoms with Crippen LogP contribution in [-0.2, 0) is 4.79 Å². The quantitative estimate of drug-likeness (QED) is 0.750.